The quantitative estimate of drug-likeness (QED) is 0.776. The van der Waals surface area contributed by atoms with E-state index in [0.717, 1.165) is 0 Å². The number of likely N-dealkylation sites (N-methyl/N-ethyl adjacent to an activating group) is 1. The molecule has 2 aromatic rings. The fourth-order valence-electron chi connectivity index (χ4n) is 1.51. The summed E-state index contributed by atoms with van der Waals surface area (Å²) in [5.41, 5.74) is 0.221. The SMILES string of the molecule is CNC(=O)Cn1cc(NS(=O)(=O)c2cccnc2Cl)cn1. The van der Waals surface area contributed by atoms with Gasteiger partial charge in [-0.2, -0.15) is 5.10 Å². The van der Waals surface area contributed by atoms with Gasteiger partial charge in [0.1, 0.15) is 16.6 Å². The molecular weight excluding hydrogens is 318 g/mol. The Hall–Kier alpha value is -2.13. The summed E-state index contributed by atoms with van der Waals surface area (Å²) in [6.45, 7) is -0.00806. The Morgan fingerprint density at radius 2 is 2.24 bits per heavy atom. The molecule has 10 heteroatoms. The normalized spacial score (nSPS) is 11.1. The standard InChI is InChI=1S/C11H12ClN5O3S/c1-13-10(18)7-17-6-8(5-15-17)16-21(19,20)9-3-2-4-14-11(9)12/h2-6,16H,7H2,1H3,(H,13,18). The Morgan fingerprint density at radius 3 is 2.90 bits per heavy atom. The van der Waals surface area contributed by atoms with Crippen LogP contribution < -0.4 is 10.0 Å². The van der Waals surface area contributed by atoms with Crippen molar-refractivity contribution in [1.82, 2.24) is 20.1 Å². The Kier molecular flexibility index (Phi) is 4.43. The Balaban J connectivity index is 2.18. The van der Waals surface area contributed by atoms with Crippen molar-refractivity contribution in [3.63, 3.8) is 0 Å². The number of nitrogens with zero attached hydrogens (tertiary/aromatic N) is 3. The summed E-state index contributed by atoms with van der Waals surface area (Å²) in [5, 5.41) is 6.20. The van der Waals surface area contributed by atoms with Crippen LogP contribution in [0.4, 0.5) is 5.69 Å². The van der Waals surface area contributed by atoms with Crippen LogP contribution in [-0.4, -0.2) is 36.1 Å². The highest BCUT2D eigenvalue weighted by Gasteiger charge is 2.19. The molecule has 0 aromatic carbocycles. The summed E-state index contributed by atoms with van der Waals surface area (Å²) in [6.07, 6.45) is 4.09. The van der Waals surface area contributed by atoms with Crippen LogP contribution in [0.5, 0.6) is 0 Å². The number of carbonyl (C=O) groups is 1. The minimum Gasteiger partial charge on any atom is -0.358 e. The first-order chi connectivity index (χ1) is 9.92. The number of rotatable bonds is 5. The molecule has 0 saturated carbocycles. The smallest absolute Gasteiger partial charge is 0.265 e. The molecule has 0 unspecified atom stereocenters. The number of halogens is 1. The number of hydrogen-bond donors (Lipinski definition) is 2. The highest BCUT2D eigenvalue weighted by molar-refractivity contribution is 7.92. The number of aromatic nitrogens is 3. The maximum atomic E-state index is 12.2. The van der Waals surface area contributed by atoms with Crippen molar-refractivity contribution >= 4 is 33.2 Å². The van der Waals surface area contributed by atoms with Crippen LogP contribution in [-0.2, 0) is 21.4 Å². The van der Waals surface area contributed by atoms with Gasteiger partial charge in [-0.25, -0.2) is 13.4 Å². The van der Waals surface area contributed by atoms with Crippen LogP contribution in [0.15, 0.2) is 35.6 Å². The van der Waals surface area contributed by atoms with E-state index >= 15 is 0 Å². The van der Waals surface area contributed by atoms with Gasteiger partial charge in [-0.1, -0.05) is 11.6 Å². The van der Waals surface area contributed by atoms with E-state index in [1.165, 1.54) is 42.5 Å². The molecule has 2 N–H and O–H groups in total. The fourth-order valence-corrected chi connectivity index (χ4v) is 2.99. The molecule has 0 spiro atoms. The predicted octanol–water partition coefficient (Wildman–Crippen LogP) is 0.478. The van der Waals surface area contributed by atoms with Crippen molar-refractivity contribution in [3.05, 3.63) is 35.9 Å². The van der Waals surface area contributed by atoms with E-state index in [1.807, 2.05) is 0 Å². The van der Waals surface area contributed by atoms with E-state index in [-0.39, 0.29) is 28.2 Å². The predicted molar refractivity (Wildman–Crippen MR) is 76.3 cm³/mol. The van der Waals surface area contributed by atoms with Gasteiger partial charge < -0.3 is 5.32 Å². The maximum absolute atomic E-state index is 12.2. The summed E-state index contributed by atoms with van der Waals surface area (Å²) >= 11 is 5.76. The van der Waals surface area contributed by atoms with Gasteiger partial charge in [0.15, 0.2) is 0 Å². The Morgan fingerprint density at radius 1 is 1.48 bits per heavy atom. The van der Waals surface area contributed by atoms with Crippen LogP contribution in [0.25, 0.3) is 0 Å². The van der Waals surface area contributed by atoms with Gasteiger partial charge in [-0.3, -0.25) is 14.2 Å². The minimum atomic E-state index is -3.86. The molecule has 0 aliphatic rings. The molecule has 2 aromatic heterocycles. The molecule has 0 bridgehead atoms. The van der Waals surface area contributed by atoms with E-state index in [4.69, 9.17) is 11.6 Å². The van der Waals surface area contributed by atoms with Crippen molar-refractivity contribution in [2.75, 3.05) is 11.8 Å². The second-order valence-corrected chi connectivity index (χ2v) is 6.01. The van der Waals surface area contributed by atoms with Crippen molar-refractivity contribution in [2.24, 2.45) is 0 Å². The Labute approximate surface area is 126 Å². The largest absolute Gasteiger partial charge is 0.358 e. The molecule has 0 aliphatic heterocycles. The lowest BCUT2D eigenvalue weighted by molar-refractivity contribution is -0.121. The van der Waals surface area contributed by atoms with E-state index in [0.29, 0.717) is 0 Å². The molecule has 0 saturated heterocycles. The third-order valence-corrected chi connectivity index (χ3v) is 4.31. The average molecular weight is 330 g/mol. The zero-order valence-corrected chi connectivity index (χ0v) is 12.5. The molecule has 0 atom stereocenters. The van der Waals surface area contributed by atoms with E-state index in [1.54, 1.807) is 0 Å². The molecule has 2 rings (SSSR count). The van der Waals surface area contributed by atoms with Crippen molar-refractivity contribution in [3.8, 4) is 0 Å². The molecule has 1 amide bonds. The highest BCUT2D eigenvalue weighted by atomic mass is 35.5. The van der Waals surface area contributed by atoms with Crippen LogP contribution in [0.2, 0.25) is 5.15 Å². The monoisotopic (exact) mass is 329 g/mol. The lowest BCUT2D eigenvalue weighted by atomic mass is 10.5. The topological polar surface area (TPSA) is 106 Å². The molecule has 8 nitrogen and oxygen atoms in total. The second-order valence-electron chi connectivity index (χ2n) is 4.00. The van der Waals surface area contributed by atoms with Gasteiger partial charge in [-0.05, 0) is 12.1 Å². The Bertz CT molecular complexity index is 759. The number of hydrogen-bond acceptors (Lipinski definition) is 5. The molecule has 21 heavy (non-hydrogen) atoms. The van der Waals surface area contributed by atoms with E-state index in [9.17, 15) is 13.2 Å². The molecular formula is C11H12ClN5O3S. The third kappa shape index (κ3) is 3.70. The summed E-state index contributed by atoms with van der Waals surface area (Å²) in [4.78, 5) is 14.8. The van der Waals surface area contributed by atoms with Crippen molar-refractivity contribution in [2.45, 2.75) is 11.4 Å². The van der Waals surface area contributed by atoms with Gasteiger partial charge in [0.25, 0.3) is 10.0 Å². The summed E-state index contributed by atoms with van der Waals surface area (Å²) in [5.74, 6) is -0.247. The fraction of sp³-hybridized carbons (Fsp3) is 0.182. The molecule has 2 heterocycles. The lowest BCUT2D eigenvalue weighted by Gasteiger charge is -2.06. The van der Waals surface area contributed by atoms with Crippen LogP contribution in [0.1, 0.15) is 0 Å². The van der Waals surface area contributed by atoms with Crippen molar-refractivity contribution < 1.29 is 13.2 Å². The second kappa shape index (κ2) is 6.10. The van der Waals surface area contributed by atoms with E-state index < -0.39 is 10.0 Å². The van der Waals surface area contributed by atoms with Crippen LogP contribution in [0.3, 0.4) is 0 Å². The number of nitrogens with one attached hydrogen (secondary N) is 2. The number of sulfonamides is 1. The van der Waals surface area contributed by atoms with Gasteiger partial charge in [0, 0.05) is 19.4 Å². The van der Waals surface area contributed by atoms with Gasteiger partial charge in [0.05, 0.1) is 11.9 Å². The highest BCUT2D eigenvalue weighted by Crippen LogP contribution is 2.20. The zero-order valence-electron chi connectivity index (χ0n) is 10.9. The number of amides is 1. The average Bonchev–Trinajstić information content (AvgIpc) is 2.85. The van der Waals surface area contributed by atoms with Crippen LogP contribution >= 0.6 is 11.6 Å². The number of pyridine rings is 1. The first-order valence-corrected chi connectivity index (χ1v) is 7.65. The maximum Gasteiger partial charge on any atom is 0.265 e. The van der Waals surface area contributed by atoms with Gasteiger partial charge in [-0.15, -0.1) is 0 Å². The molecule has 112 valence electrons. The zero-order chi connectivity index (χ0) is 15.5. The van der Waals surface area contributed by atoms with E-state index in [2.05, 4.69) is 20.1 Å². The summed E-state index contributed by atoms with van der Waals surface area (Å²) in [7, 11) is -2.36. The summed E-state index contributed by atoms with van der Waals surface area (Å²) in [6, 6.07) is 2.81. The molecule has 0 aliphatic carbocycles. The van der Waals surface area contributed by atoms with Gasteiger partial charge >= 0.3 is 0 Å². The van der Waals surface area contributed by atoms with Crippen LogP contribution in [0, 0.1) is 0 Å². The number of anilines is 1. The first kappa shape index (κ1) is 15.3. The van der Waals surface area contributed by atoms with Gasteiger partial charge in [0.2, 0.25) is 5.91 Å². The molecule has 0 radical (unpaired) electrons. The first-order valence-electron chi connectivity index (χ1n) is 5.79. The number of carbonyl (C=O) groups excluding carboxylic acids is 1. The molecule has 0 fully saturated rings. The van der Waals surface area contributed by atoms with Crippen molar-refractivity contribution in [1.29, 1.82) is 0 Å². The minimum absolute atomic E-state index is 0.00806. The summed E-state index contributed by atoms with van der Waals surface area (Å²) < 4.78 is 27.9. The third-order valence-electron chi connectivity index (χ3n) is 2.48. The lowest BCUT2D eigenvalue weighted by Crippen LogP contribution is -2.23.